The predicted octanol–water partition coefficient (Wildman–Crippen LogP) is 9.94. The molecule has 0 spiro atoms. The lowest BCUT2D eigenvalue weighted by Gasteiger charge is -2.23. The number of nitrogens with zero attached hydrogens (tertiary/aromatic N) is 3. The van der Waals surface area contributed by atoms with E-state index in [9.17, 15) is 0 Å². The van der Waals surface area contributed by atoms with Crippen molar-refractivity contribution in [3.8, 4) is 5.69 Å². The number of aromatic nitrogens is 1. The van der Waals surface area contributed by atoms with E-state index < -0.39 is 6.17 Å². The molecular weight excluding hydrogens is 620 g/mol. The zero-order valence-electron chi connectivity index (χ0n) is 24.0. The number of rotatable bonds is 4. The Morgan fingerprint density at radius 2 is 1.18 bits per heavy atom. The highest BCUT2D eigenvalue weighted by atomic mass is 79.9. The van der Waals surface area contributed by atoms with Gasteiger partial charge in [-0.15, -0.1) is 0 Å². The lowest BCUT2D eigenvalue weighted by atomic mass is 10.1. The second-order valence-electron chi connectivity index (χ2n) is 11.2. The third kappa shape index (κ3) is 4.37. The molecule has 0 fully saturated rings. The van der Waals surface area contributed by atoms with E-state index in [0.29, 0.717) is 0 Å². The topological polar surface area (TPSA) is 54.8 Å². The first-order valence-corrected chi connectivity index (χ1v) is 15.7. The molecule has 0 saturated carbocycles. The molecule has 0 radical (unpaired) electrons. The fourth-order valence-electron chi connectivity index (χ4n) is 6.43. The van der Waals surface area contributed by atoms with Gasteiger partial charge in [-0.2, -0.15) is 0 Å². The molecule has 0 amide bonds. The fourth-order valence-corrected chi connectivity index (χ4v) is 6.91. The molecule has 2 aromatic heterocycles. The van der Waals surface area contributed by atoms with E-state index in [1.54, 1.807) is 0 Å². The largest absolute Gasteiger partial charge is 0.456 e. The number of halogens is 1. The van der Waals surface area contributed by atoms with Gasteiger partial charge in [-0.25, -0.2) is 9.98 Å². The van der Waals surface area contributed by atoms with E-state index in [1.165, 1.54) is 10.8 Å². The van der Waals surface area contributed by atoms with E-state index in [2.05, 4.69) is 129 Å². The summed E-state index contributed by atoms with van der Waals surface area (Å²) >= 11 is 3.82. The molecule has 6 aromatic carbocycles. The zero-order chi connectivity index (χ0) is 29.9. The minimum absolute atomic E-state index is 0.454. The van der Waals surface area contributed by atoms with Crippen LogP contribution in [0.4, 0.5) is 0 Å². The first-order chi connectivity index (χ1) is 22.2. The van der Waals surface area contributed by atoms with Crippen molar-refractivity contribution in [2.75, 3.05) is 0 Å². The summed E-state index contributed by atoms with van der Waals surface area (Å²) in [6.07, 6.45) is -0.454. The molecule has 3 heterocycles. The lowest BCUT2D eigenvalue weighted by molar-refractivity contribution is 0.665. The third-order valence-corrected chi connectivity index (χ3v) is 8.94. The van der Waals surface area contributed by atoms with Crippen molar-refractivity contribution in [2.45, 2.75) is 6.17 Å². The van der Waals surface area contributed by atoms with Crippen molar-refractivity contribution in [1.29, 1.82) is 0 Å². The van der Waals surface area contributed by atoms with Crippen LogP contribution >= 0.6 is 15.9 Å². The van der Waals surface area contributed by atoms with Crippen LogP contribution in [0.1, 0.15) is 22.9 Å². The van der Waals surface area contributed by atoms with Crippen molar-refractivity contribution in [1.82, 2.24) is 9.88 Å². The van der Waals surface area contributed by atoms with Crippen LogP contribution in [-0.4, -0.2) is 16.2 Å². The van der Waals surface area contributed by atoms with E-state index in [4.69, 9.17) is 14.4 Å². The van der Waals surface area contributed by atoms with Crippen LogP contribution in [0.5, 0.6) is 0 Å². The summed E-state index contributed by atoms with van der Waals surface area (Å²) in [5.41, 5.74) is 7.99. The summed E-state index contributed by atoms with van der Waals surface area (Å²) in [4.78, 5) is 10.3. The fraction of sp³-hybridized carbons (Fsp3) is 0.0256. The van der Waals surface area contributed by atoms with Gasteiger partial charge in [0.2, 0.25) is 0 Å². The average molecular weight is 646 g/mol. The summed E-state index contributed by atoms with van der Waals surface area (Å²) in [5.74, 6) is 1.52. The van der Waals surface area contributed by atoms with E-state index in [0.717, 1.165) is 71.5 Å². The Hall–Kier alpha value is -5.46. The molecule has 1 N–H and O–H groups in total. The van der Waals surface area contributed by atoms with Crippen molar-refractivity contribution in [3.63, 3.8) is 0 Å². The van der Waals surface area contributed by atoms with E-state index in [1.807, 2.05) is 36.4 Å². The Kier molecular flexibility index (Phi) is 5.96. The van der Waals surface area contributed by atoms with Gasteiger partial charge in [-0.05, 0) is 42.5 Å². The highest BCUT2D eigenvalue weighted by molar-refractivity contribution is 9.10. The van der Waals surface area contributed by atoms with Crippen LogP contribution in [-0.2, 0) is 0 Å². The van der Waals surface area contributed by atoms with Crippen molar-refractivity contribution >= 4 is 71.3 Å². The van der Waals surface area contributed by atoms with Gasteiger partial charge in [0.05, 0.1) is 11.0 Å². The molecular formula is C39H25BrN4O. The Bertz CT molecular complexity index is 2440. The molecule has 1 aliphatic heterocycles. The maximum absolute atomic E-state index is 6.23. The quantitative estimate of drug-likeness (QED) is 0.207. The Labute approximate surface area is 267 Å². The second-order valence-corrected chi connectivity index (χ2v) is 12.2. The Balaban J connectivity index is 1.21. The van der Waals surface area contributed by atoms with Gasteiger partial charge < -0.3 is 14.3 Å². The third-order valence-electron chi connectivity index (χ3n) is 8.48. The number of hydrogen-bond donors (Lipinski definition) is 1. The van der Waals surface area contributed by atoms with Crippen LogP contribution in [0.15, 0.2) is 158 Å². The predicted molar refractivity (Wildman–Crippen MR) is 188 cm³/mol. The molecule has 6 heteroatoms. The minimum Gasteiger partial charge on any atom is -0.456 e. The van der Waals surface area contributed by atoms with Gasteiger partial charge in [-0.3, -0.25) is 0 Å². The second kappa shape index (κ2) is 10.3. The SMILES string of the molecule is Brc1cc(C2=NC(c3ccc4c(c3)oc3ccccc34)N=C(c3ccccc3)N2)cc(-n2c3ccccc3c3ccccc32)c1. The molecule has 9 rings (SSSR count). The van der Waals surface area contributed by atoms with Crippen LogP contribution in [0.2, 0.25) is 0 Å². The Morgan fingerprint density at radius 3 is 1.93 bits per heavy atom. The molecule has 1 unspecified atom stereocenters. The smallest absolute Gasteiger partial charge is 0.169 e. The van der Waals surface area contributed by atoms with Crippen molar-refractivity contribution < 1.29 is 4.42 Å². The number of benzene rings is 6. The first-order valence-electron chi connectivity index (χ1n) is 14.9. The number of hydrogen-bond acceptors (Lipinski definition) is 4. The van der Waals surface area contributed by atoms with E-state index >= 15 is 0 Å². The van der Waals surface area contributed by atoms with Gasteiger partial charge in [0.1, 0.15) is 22.8 Å². The standard InChI is InChI=1S/C39H25BrN4O/c40-27-20-26(21-28(23-27)44-33-15-7-4-12-29(33)30-13-5-8-16-34(30)44)39-42-37(24-10-2-1-3-11-24)41-38(43-39)25-18-19-32-31-14-6-9-17-35(31)45-36(32)22-25/h1-23,38H,(H,41,42,43). The summed E-state index contributed by atoms with van der Waals surface area (Å²) in [6.45, 7) is 0. The van der Waals surface area contributed by atoms with Gasteiger partial charge in [0.15, 0.2) is 6.17 Å². The Morgan fingerprint density at radius 1 is 0.556 bits per heavy atom. The molecule has 45 heavy (non-hydrogen) atoms. The van der Waals surface area contributed by atoms with Gasteiger partial charge in [0.25, 0.3) is 0 Å². The van der Waals surface area contributed by atoms with Crippen LogP contribution in [0.3, 0.4) is 0 Å². The maximum Gasteiger partial charge on any atom is 0.169 e. The van der Waals surface area contributed by atoms with Gasteiger partial charge >= 0.3 is 0 Å². The number of para-hydroxylation sites is 3. The number of fused-ring (bicyclic) bond motifs is 6. The minimum atomic E-state index is -0.454. The number of furan rings is 1. The molecule has 0 bridgehead atoms. The van der Waals surface area contributed by atoms with Gasteiger partial charge in [0, 0.05) is 48.4 Å². The average Bonchev–Trinajstić information content (AvgIpc) is 3.63. The van der Waals surface area contributed by atoms with Crippen molar-refractivity contribution in [3.05, 3.63) is 161 Å². The monoisotopic (exact) mass is 644 g/mol. The highest BCUT2D eigenvalue weighted by Crippen LogP contribution is 2.35. The molecule has 1 atom stereocenters. The number of aliphatic imine (C=N–C) groups is 2. The summed E-state index contributed by atoms with van der Waals surface area (Å²) in [7, 11) is 0. The molecule has 5 nitrogen and oxygen atoms in total. The van der Waals surface area contributed by atoms with Crippen LogP contribution in [0.25, 0.3) is 49.4 Å². The number of nitrogens with one attached hydrogen (secondary N) is 1. The highest BCUT2D eigenvalue weighted by Gasteiger charge is 2.23. The van der Waals surface area contributed by atoms with Gasteiger partial charge in [-0.1, -0.05) is 113 Å². The van der Waals surface area contributed by atoms with Crippen LogP contribution in [0, 0.1) is 0 Å². The van der Waals surface area contributed by atoms with Crippen molar-refractivity contribution in [2.24, 2.45) is 9.98 Å². The molecule has 1 aliphatic rings. The van der Waals surface area contributed by atoms with Crippen LogP contribution < -0.4 is 5.32 Å². The molecule has 8 aromatic rings. The maximum atomic E-state index is 6.23. The first kappa shape index (κ1) is 26.0. The summed E-state index contributed by atoms with van der Waals surface area (Å²) in [5, 5.41) is 8.20. The molecule has 214 valence electrons. The number of amidine groups is 2. The summed E-state index contributed by atoms with van der Waals surface area (Å²) in [6, 6.07) is 48.2. The van der Waals surface area contributed by atoms with E-state index in [-0.39, 0.29) is 0 Å². The normalized spacial score (nSPS) is 15.0. The summed E-state index contributed by atoms with van der Waals surface area (Å²) < 4.78 is 9.51. The lowest BCUT2D eigenvalue weighted by Crippen LogP contribution is -2.36. The molecule has 0 saturated heterocycles. The zero-order valence-corrected chi connectivity index (χ0v) is 25.6. The molecule has 0 aliphatic carbocycles.